The van der Waals surface area contributed by atoms with Crippen LogP contribution in [0.2, 0.25) is 10.0 Å². The quantitative estimate of drug-likeness (QED) is 0.148. The molecule has 1 atom stereocenters. The Balaban J connectivity index is 1.35. The Hall–Kier alpha value is -3.15. The predicted octanol–water partition coefficient (Wildman–Crippen LogP) is 6.90. The van der Waals surface area contributed by atoms with Crippen LogP contribution in [0.25, 0.3) is 10.9 Å². The van der Waals surface area contributed by atoms with Crippen molar-refractivity contribution in [3.05, 3.63) is 98.7 Å². The number of benzene rings is 3. The van der Waals surface area contributed by atoms with E-state index in [0.717, 1.165) is 27.8 Å². The van der Waals surface area contributed by atoms with E-state index in [9.17, 15) is 13.2 Å². The average Bonchev–Trinajstić information content (AvgIpc) is 3.51. The normalized spacial score (nSPS) is 15.4. The van der Waals surface area contributed by atoms with Crippen molar-refractivity contribution in [2.75, 3.05) is 12.8 Å². The van der Waals surface area contributed by atoms with Gasteiger partial charge in [-0.3, -0.25) is 10.2 Å². The molecule has 5 rings (SSSR count). The minimum Gasteiger partial charge on any atom is -0.487 e. The molecule has 0 bridgehead atoms. The van der Waals surface area contributed by atoms with Gasteiger partial charge >= 0.3 is 0 Å². The fourth-order valence-electron chi connectivity index (χ4n) is 5.39. The van der Waals surface area contributed by atoms with Crippen molar-refractivity contribution in [1.82, 2.24) is 14.6 Å². The largest absolute Gasteiger partial charge is 0.487 e. The van der Waals surface area contributed by atoms with Crippen LogP contribution in [0.5, 0.6) is 5.75 Å². The topological polar surface area (TPSA) is 112 Å². The molecule has 1 amide bonds. The minimum atomic E-state index is -4.15. The molecular formula is C32H32Cl2N4O4S2. The summed E-state index contributed by atoms with van der Waals surface area (Å²) in [5.41, 5.74) is 4.51. The van der Waals surface area contributed by atoms with Crippen LogP contribution in [0.1, 0.15) is 40.8 Å². The lowest BCUT2D eigenvalue weighted by Gasteiger charge is -2.24. The number of amides is 1. The zero-order valence-electron chi connectivity index (χ0n) is 24.5. The fourth-order valence-corrected chi connectivity index (χ4v) is 8.28. The van der Waals surface area contributed by atoms with E-state index in [2.05, 4.69) is 10.3 Å². The second kappa shape index (κ2) is 13.5. The molecule has 0 spiro atoms. The lowest BCUT2D eigenvalue weighted by molar-refractivity contribution is -0.124. The number of aromatic nitrogens is 1. The number of carbonyl (C=O) groups excluding carboxylic acids is 1. The third-order valence-electron chi connectivity index (χ3n) is 7.61. The highest BCUT2D eigenvalue weighted by molar-refractivity contribution is 8.13. The van der Waals surface area contributed by atoms with Crippen LogP contribution >= 0.6 is 35.0 Å². The molecule has 1 unspecified atom stereocenters. The maximum atomic E-state index is 13.9. The van der Waals surface area contributed by atoms with Crippen molar-refractivity contribution in [1.29, 1.82) is 5.41 Å². The summed E-state index contributed by atoms with van der Waals surface area (Å²) in [5.74, 6) is 0.140. The van der Waals surface area contributed by atoms with Gasteiger partial charge in [-0.25, -0.2) is 13.4 Å². The van der Waals surface area contributed by atoms with Crippen molar-refractivity contribution in [2.24, 2.45) is 0 Å². The SMILES string of the molecule is CSC(=N)c1cccc(CNC(=O)C2CCCN2S(=O)(=O)c2ccc(Cl)c(COc3cccc4c(C)cc(C)nc34)c2Cl)c1. The molecule has 1 fully saturated rings. The van der Waals surface area contributed by atoms with E-state index in [1.54, 1.807) is 6.07 Å². The lowest BCUT2D eigenvalue weighted by atomic mass is 10.1. The first-order chi connectivity index (χ1) is 21.0. The number of para-hydroxylation sites is 1. The van der Waals surface area contributed by atoms with Gasteiger partial charge in [-0.2, -0.15) is 4.31 Å². The van der Waals surface area contributed by atoms with Crippen LogP contribution in [-0.4, -0.2) is 47.5 Å². The average molecular weight is 672 g/mol. The van der Waals surface area contributed by atoms with Crippen LogP contribution in [-0.2, 0) is 28.0 Å². The monoisotopic (exact) mass is 670 g/mol. The first-order valence-corrected chi connectivity index (χ1v) is 17.4. The van der Waals surface area contributed by atoms with Gasteiger partial charge in [-0.05, 0) is 74.4 Å². The molecule has 8 nitrogen and oxygen atoms in total. The van der Waals surface area contributed by atoms with Crippen molar-refractivity contribution in [3.63, 3.8) is 0 Å². The minimum absolute atomic E-state index is 0.0443. The molecule has 0 saturated carbocycles. The smallest absolute Gasteiger partial charge is 0.245 e. The number of thioether (sulfide) groups is 1. The van der Waals surface area contributed by atoms with Crippen molar-refractivity contribution < 1.29 is 17.9 Å². The number of carbonyl (C=O) groups is 1. The molecule has 0 aliphatic carbocycles. The van der Waals surface area contributed by atoms with Crippen molar-refractivity contribution in [3.8, 4) is 5.75 Å². The van der Waals surface area contributed by atoms with Gasteiger partial charge in [0, 0.05) is 40.3 Å². The number of rotatable bonds is 9. The summed E-state index contributed by atoms with van der Waals surface area (Å²) < 4.78 is 35.2. The van der Waals surface area contributed by atoms with E-state index >= 15 is 0 Å². The summed E-state index contributed by atoms with van der Waals surface area (Å²) in [6.45, 7) is 4.24. The highest BCUT2D eigenvalue weighted by Gasteiger charge is 2.40. The maximum absolute atomic E-state index is 13.9. The summed E-state index contributed by atoms with van der Waals surface area (Å²) in [7, 11) is -4.15. The van der Waals surface area contributed by atoms with Gasteiger partial charge in [0.1, 0.15) is 28.8 Å². The molecule has 44 heavy (non-hydrogen) atoms. The maximum Gasteiger partial charge on any atom is 0.245 e. The number of pyridine rings is 1. The second-order valence-electron chi connectivity index (χ2n) is 10.6. The van der Waals surface area contributed by atoms with Crippen molar-refractivity contribution >= 4 is 66.8 Å². The van der Waals surface area contributed by atoms with E-state index in [0.29, 0.717) is 34.7 Å². The van der Waals surface area contributed by atoms with Crippen LogP contribution in [0, 0.1) is 19.3 Å². The zero-order chi connectivity index (χ0) is 31.6. The van der Waals surface area contributed by atoms with Crippen LogP contribution in [0.3, 0.4) is 0 Å². The molecule has 1 aliphatic rings. The van der Waals surface area contributed by atoms with E-state index in [1.807, 2.05) is 62.6 Å². The highest BCUT2D eigenvalue weighted by atomic mass is 35.5. The van der Waals surface area contributed by atoms with Gasteiger partial charge in [0.15, 0.2) is 0 Å². The highest BCUT2D eigenvalue weighted by Crippen LogP contribution is 2.36. The number of hydrogen-bond acceptors (Lipinski definition) is 7. The molecule has 3 aromatic carbocycles. The van der Waals surface area contributed by atoms with Gasteiger partial charge in [-0.15, -0.1) is 11.8 Å². The molecule has 0 radical (unpaired) electrons. The third-order valence-corrected chi connectivity index (χ3v) is 11.1. The second-order valence-corrected chi connectivity index (χ2v) is 14.0. The van der Waals surface area contributed by atoms with Gasteiger partial charge < -0.3 is 10.1 Å². The Kier molecular flexibility index (Phi) is 9.86. The molecule has 1 aliphatic heterocycles. The molecule has 1 aromatic heterocycles. The Morgan fingerprint density at radius 2 is 1.91 bits per heavy atom. The van der Waals surface area contributed by atoms with Gasteiger partial charge in [0.25, 0.3) is 0 Å². The number of sulfonamides is 1. The molecule has 230 valence electrons. The van der Waals surface area contributed by atoms with Crippen molar-refractivity contribution in [2.45, 2.75) is 50.8 Å². The van der Waals surface area contributed by atoms with Gasteiger partial charge in [0.2, 0.25) is 15.9 Å². The molecular weight excluding hydrogens is 639 g/mol. The van der Waals surface area contributed by atoms with Crippen LogP contribution in [0.15, 0.2) is 65.6 Å². The van der Waals surface area contributed by atoms with E-state index in [-0.39, 0.29) is 40.5 Å². The van der Waals surface area contributed by atoms with Gasteiger partial charge in [0.05, 0.1) is 10.1 Å². The van der Waals surface area contributed by atoms with E-state index in [4.69, 9.17) is 33.3 Å². The van der Waals surface area contributed by atoms with Crippen LogP contribution in [0.4, 0.5) is 0 Å². The number of nitrogens with one attached hydrogen (secondary N) is 2. The Labute approximate surface area is 271 Å². The van der Waals surface area contributed by atoms with E-state index in [1.165, 1.54) is 28.2 Å². The standard InChI is InChI=1S/C32H32Cl2N4O4S2/c1-19-15-20(2)37-30-23(19)9-5-11-27(30)42-18-24-25(33)12-13-28(29(24)34)44(40,41)38-14-6-10-26(38)32(39)36-17-21-7-4-8-22(16-21)31(35)43-3/h4-5,7-9,11-13,15-16,26,35H,6,10,14,17-18H2,1-3H3,(H,36,39). The predicted molar refractivity (Wildman–Crippen MR) is 178 cm³/mol. The summed E-state index contributed by atoms with van der Waals surface area (Å²) in [4.78, 5) is 17.8. The first kappa shape index (κ1) is 32.2. The Morgan fingerprint density at radius 3 is 2.68 bits per heavy atom. The number of hydrogen-bond donors (Lipinski definition) is 2. The summed E-state index contributed by atoms with van der Waals surface area (Å²) >= 11 is 14.6. The number of ether oxygens (including phenoxy) is 1. The number of fused-ring (bicyclic) bond motifs is 1. The molecule has 2 N–H and O–H groups in total. The molecule has 4 aromatic rings. The molecule has 1 saturated heterocycles. The van der Waals surface area contributed by atoms with E-state index < -0.39 is 16.1 Å². The number of halogens is 2. The lowest BCUT2D eigenvalue weighted by Crippen LogP contribution is -2.45. The number of aryl methyl sites for hydroxylation is 2. The summed E-state index contributed by atoms with van der Waals surface area (Å²) in [5, 5.41) is 12.5. The Morgan fingerprint density at radius 1 is 1.14 bits per heavy atom. The third kappa shape index (κ3) is 6.60. The zero-order valence-corrected chi connectivity index (χ0v) is 27.6. The van der Waals surface area contributed by atoms with Gasteiger partial charge in [-0.1, -0.05) is 53.5 Å². The first-order valence-electron chi connectivity index (χ1n) is 14.0. The fraction of sp³-hybridized carbons (Fsp3) is 0.281. The molecule has 12 heteroatoms. The number of nitrogens with zero attached hydrogens (tertiary/aromatic N) is 2. The summed E-state index contributed by atoms with van der Waals surface area (Å²) in [6.07, 6.45) is 2.75. The Bertz CT molecular complexity index is 1870. The van der Waals surface area contributed by atoms with Crippen LogP contribution < -0.4 is 10.1 Å². The molecule has 2 heterocycles. The summed E-state index contributed by atoms with van der Waals surface area (Å²) in [6, 6.07) is 17.0.